The van der Waals surface area contributed by atoms with Gasteiger partial charge in [-0.25, -0.2) is 0 Å². The van der Waals surface area contributed by atoms with Crippen molar-refractivity contribution in [2.75, 3.05) is 27.4 Å². The Hall–Kier alpha value is 0.0569. The Kier molecular flexibility index (Phi) is 10.2. The summed E-state index contributed by atoms with van der Waals surface area (Å²) in [7, 11) is 2.33. The molecule has 0 heterocycles. The molecule has 0 radical (unpaired) electrons. The molecule has 0 saturated carbocycles. The molecule has 5 heteroatoms. The van der Waals surface area contributed by atoms with E-state index in [9.17, 15) is 0 Å². The number of ether oxygens (including phenoxy) is 2. The van der Waals surface area contributed by atoms with Crippen LogP contribution in [-0.2, 0) is 18.3 Å². The Bertz CT molecular complexity index is 102. The van der Waals surface area contributed by atoms with Gasteiger partial charge in [0.1, 0.15) is 0 Å². The van der Waals surface area contributed by atoms with Crippen LogP contribution in [0.25, 0.3) is 0 Å². The molecule has 0 N–H and O–H groups in total. The maximum atomic E-state index is 5.35. The normalized spacial score (nSPS) is 14.1. The Labute approximate surface area is 82.6 Å². The lowest BCUT2D eigenvalue weighted by atomic mass is 10.4. The number of hydrogen-bond donors (Lipinski definition) is 0. The number of unbranched alkanes of at least 4 members (excludes halogenated alkanes) is 1. The van der Waals surface area contributed by atoms with Gasteiger partial charge in [0.25, 0.3) is 0 Å². The Morgan fingerprint density at radius 3 is 2.62 bits per heavy atom. The van der Waals surface area contributed by atoms with Crippen LogP contribution in [0.1, 0.15) is 19.8 Å². The molecule has 0 aliphatic rings. The van der Waals surface area contributed by atoms with Crippen molar-refractivity contribution < 1.29 is 18.3 Å². The molecular weight excluding hydrogens is 188 g/mol. The summed E-state index contributed by atoms with van der Waals surface area (Å²) in [5.41, 5.74) is 0. The first-order chi connectivity index (χ1) is 6.35. The molecule has 0 fully saturated rings. The molecule has 1 atom stereocenters. The third kappa shape index (κ3) is 8.39. The van der Waals surface area contributed by atoms with Gasteiger partial charge in [0.05, 0.1) is 6.61 Å². The lowest BCUT2D eigenvalue weighted by Gasteiger charge is -2.14. The second kappa shape index (κ2) is 10.1. The van der Waals surface area contributed by atoms with Gasteiger partial charge in [-0.1, -0.05) is 13.3 Å². The molecule has 0 spiro atoms. The van der Waals surface area contributed by atoms with Crippen LogP contribution in [0.3, 0.4) is 0 Å². The molecule has 1 unspecified atom stereocenters. The molecule has 4 nitrogen and oxygen atoms in total. The molecule has 0 saturated heterocycles. The minimum absolute atomic E-state index is 0.265. The smallest absolute Gasteiger partial charge is 0.306 e. The molecule has 0 aromatic rings. The lowest BCUT2D eigenvalue weighted by molar-refractivity contribution is -0.101. The molecule has 0 aliphatic carbocycles. The van der Waals surface area contributed by atoms with Gasteiger partial charge in [0.2, 0.25) is 0 Å². The molecule has 0 aromatic carbocycles. The van der Waals surface area contributed by atoms with Crippen molar-refractivity contribution in [1.82, 2.24) is 0 Å². The molecule has 0 amide bonds. The van der Waals surface area contributed by atoms with E-state index in [0.29, 0.717) is 6.61 Å². The van der Waals surface area contributed by atoms with Gasteiger partial charge < -0.3 is 18.3 Å². The fourth-order valence-corrected chi connectivity index (χ4v) is 1.55. The van der Waals surface area contributed by atoms with Crippen molar-refractivity contribution in [2.24, 2.45) is 0 Å². The highest BCUT2D eigenvalue weighted by atomic mass is 28.3. The molecule has 13 heavy (non-hydrogen) atoms. The van der Waals surface area contributed by atoms with E-state index in [2.05, 4.69) is 6.92 Å². The van der Waals surface area contributed by atoms with Gasteiger partial charge >= 0.3 is 10.0 Å². The van der Waals surface area contributed by atoms with Gasteiger partial charge in [-0.2, -0.15) is 0 Å². The molecule has 80 valence electrons. The third-order valence-corrected chi connectivity index (χ3v) is 2.51. The first-order valence-electron chi connectivity index (χ1n) is 4.56. The van der Waals surface area contributed by atoms with Crippen LogP contribution in [-0.4, -0.2) is 43.7 Å². The third-order valence-electron chi connectivity index (χ3n) is 1.55. The van der Waals surface area contributed by atoms with Crippen LogP contribution in [0.5, 0.6) is 0 Å². The maximum Gasteiger partial charge on any atom is 0.306 e. The number of methoxy groups -OCH3 is 2. The SMILES string of the molecule is CCCCO[SiH2]OC(COC)OC. The van der Waals surface area contributed by atoms with Gasteiger partial charge in [-0.3, -0.25) is 0 Å². The zero-order valence-corrected chi connectivity index (χ0v) is 10.2. The van der Waals surface area contributed by atoms with E-state index in [-0.39, 0.29) is 6.29 Å². The highest BCUT2D eigenvalue weighted by Crippen LogP contribution is 1.93. The fraction of sp³-hybridized carbons (Fsp3) is 1.00. The van der Waals surface area contributed by atoms with Crippen LogP contribution < -0.4 is 0 Å². The van der Waals surface area contributed by atoms with Crippen LogP contribution in [0.4, 0.5) is 0 Å². The van der Waals surface area contributed by atoms with Crippen molar-refractivity contribution in [3.05, 3.63) is 0 Å². The maximum absolute atomic E-state index is 5.35. The zero-order chi connectivity index (χ0) is 9.94. The van der Waals surface area contributed by atoms with Crippen molar-refractivity contribution in [3.8, 4) is 0 Å². The summed E-state index contributed by atoms with van der Waals surface area (Å²) >= 11 is 0. The summed E-state index contributed by atoms with van der Waals surface area (Å²) in [6, 6.07) is 0. The molecule has 0 aliphatic heterocycles. The zero-order valence-electron chi connectivity index (χ0n) is 8.75. The van der Waals surface area contributed by atoms with E-state index in [1.165, 1.54) is 0 Å². The molecule has 0 bridgehead atoms. The van der Waals surface area contributed by atoms with Crippen molar-refractivity contribution in [2.45, 2.75) is 26.1 Å². The summed E-state index contributed by atoms with van der Waals surface area (Å²) in [5.74, 6) is 0. The highest BCUT2D eigenvalue weighted by Gasteiger charge is 2.05. The summed E-state index contributed by atoms with van der Waals surface area (Å²) in [6.45, 7) is 3.39. The lowest BCUT2D eigenvalue weighted by Crippen LogP contribution is -2.24. The Balaban J connectivity index is 3.17. The molecule has 0 aromatic heterocycles. The number of rotatable bonds is 9. The highest BCUT2D eigenvalue weighted by molar-refractivity contribution is 6.17. The fourth-order valence-electron chi connectivity index (χ4n) is 0.750. The largest absolute Gasteiger partial charge is 0.399 e. The minimum atomic E-state index is -0.893. The monoisotopic (exact) mass is 208 g/mol. The summed E-state index contributed by atoms with van der Waals surface area (Å²) in [6.07, 6.45) is 1.98. The van der Waals surface area contributed by atoms with Gasteiger partial charge in [-0.05, 0) is 6.42 Å². The predicted octanol–water partition coefficient (Wildman–Crippen LogP) is 0.437. The van der Waals surface area contributed by atoms with Gasteiger partial charge in [-0.15, -0.1) is 0 Å². The predicted molar refractivity (Wildman–Crippen MR) is 53.2 cm³/mol. The van der Waals surface area contributed by atoms with Crippen molar-refractivity contribution in [1.29, 1.82) is 0 Å². The van der Waals surface area contributed by atoms with Crippen LogP contribution >= 0.6 is 0 Å². The number of hydrogen-bond acceptors (Lipinski definition) is 4. The quantitative estimate of drug-likeness (QED) is 0.313. The van der Waals surface area contributed by atoms with Crippen molar-refractivity contribution in [3.63, 3.8) is 0 Å². The van der Waals surface area contributed by atoms with Gasteiger partial charge in [0, 0.05) is 20.8 Å². The van der Waals surface area contributed by atoms with E-state index in [4.69, 9.17) is 18.3 Å². The average molecular weight is 208 g/mol. The van der Waals surface area contributed by atoms with Gasteiger partial charge in [0.15, 0.2) is 6.29 Å². The van der Waals surface area contributed by atoms with E-state index in [1.807, 2.05) is 0 Å². The summed E-state index contributed by atoms with van der Waals surface area (Å²) < 4.78 is 20.6. The van der Waals surface area contributed by atoms with Crippen LogP contribution in [0.2, 0.25) is 0 Å². The standard InChI is InChI=1S/C8H20O4Si/c1-4-5-6-11-13-12-8(10-3)7-9-2/h8H,4-7,13H2,1-3H3. The van der Waals surface area contributed by atoms with E-state index < -0.39 is 10.0 Å². The first-order valence-corrected chi connectivity index (χ1v) is 5.71. The Morgan fingerprint density at radius 2 is 2.08 bits per heavy atom. The van der Waals surface area contributed by atoms with E-state index in [1.54, 1.807) is 14.2 Å². The van der Waals surface area contributed by atoms with E-state index >= 15 is 0 Å². The average Bonchev–Trinajstić information content (AvgIpc) is 2.16. The van der Waals surface area contributed by atoms with E-state index in [0.717, 1.165) is 19.4 Å². The van der Waals surface area contributed by atoms with Crippen LogP contribution in [0.15, 0.2) is 0 Å². The van der Waals surface area contributed by atoms with Crippen molar-refractivity contribution >= 4 is 10.0 Å². The Morgan fingerprint density at radius 1 is 1.31 bits per heavy atom. The minimum Gasteiger partial charge on any atom is -0.399 e. The summed E-state index contributed by atoms with van der Waals surface area (Å²) in [5, 5.41) is 0. The second-order valence-electron chi connectivity index (χ2n) is 2.67. The molecular formula is C8H20O4Si. The molecule has 0 rings (SSSR count). The second-order valence-corrected chi connectivity index (χ2v) is 3.64. The topological polar surface area (TPSA) is 36.9 Å². The first kappa shape index (κ1) is 13.1. The van der Waals surface area contributed by atoms with Crippen LogP contribution in [0, 0.1) is 0 Å². The summed E-state index contributed by atoms with van der Waals surface area (Å²) in [4.78, 5) is 0.